The first-order valence-corrected chi connectivity index (χ1v) is 6.43. The summed E-state index contributed by atoms with van der Waals surface area (Å²) in [4.78, 5) is 4.13. The van der Waals surface area contributed by atoms with E-state index in [4.69, 9.17) is 0 Å². The third-order valence-electron chi connectivity index (χ3n) is 2.11. The molecule has 0 aromatic carbocycles. The van der Waals surface area contributed by atoms with Crippen LogP contribution in [0.15, 0.2) is 29.4 Å². The van der Waals surface area contributed by atoms with Crippen LogP contribution in [-0.2, 0) is 10.8 Å². The Morgan fingerprint density at radius 3 is 2.53 bits per heavy atom. The Morgan fingerprint density at radius 1 is 1.40 bits per heavy atom. The van der Waals surface area contributed by atoms with E-state index in [9.17, 15) is 4.21 Å². The second-order valence-corrected chi connectivity index (χ2v) is 6.86. The first-order chi connectivity index (χ1) is 6.90. The lowest BCUT2D eigenvalue weighted by molar-refractivity contribution is 0.375. The van der Waals surface area contributed by atoms with Crippen LogP contribution >= 0.6 is 0 Å². The molecule has 2 nitrogen and oxygen atoms in total. The lowest BCUT2D eigenvalue weighted by Crippen LogP contribution is -2.20. The number of hydrogen-bond acceptors (Lipinski definition) is 2. The highest BCUT2D eigenvalue weighted by Gasteiger charge is 2.21. The molecule has 0 bridgehead atoms. The van der Waals surface area contributed by atoms with Crippen LogP contribution in [0, 0.1) is 5.41 Å². The lowest BCUT2D eigenvalue weighted by atomic mass is 9.91. The van der Waals surface area contributed by atoms with Gasteiger partial charge in [-0.2, -0.15) is 0 Å². The van der Waals surface area contributed by atoms with E-state index in [-0.39, 0.29) is 10.7 Å². The van der Waals surface area contributed by atoms with Crippen LogP contribution in [0.25, 0.3) is 0 Å². The molecule has 2 atom stereocenters. The first kappa shape index (κ1) is 12.4. The van der Waals surface area contributed by atoms with Gasteiger partial charge < -0.3 is 0 Å². The van der Waals surface area contributed by atoms with Crippen molar-refractivity contribution in [1.82, 2.24) is 4.98 Å². The minimum absolute atomic E-state index is 0.153. The highest BCUT2D eigenvalue weighted by molar-refractivity contribution is 7.85. The fourth-order valence-corrected chi connectivity index (χ4v) is 3.05. The zero-order valence-corrected chi connectivity index (χ0v) is 10.7. The van der Waals surface area contributed by atoms with Crippen LogP contribution in [0.4, 0.5) is 0 Å². The van der Waals surface area contributed by atoms with Crippen LogP contribution in [0.3, 0.4) is 0 Å². The molecule has 84 valence electrons. The van der Waals surface area contributed by atoms with Gasteiger partial charge in [0.15, 0.2) is 0 Å². The van der Waals surface area contributed by atoms with Crippen LogP contribution < -0.4 is 0 Å². The molecule has 0 amide bonds. The Balaban J connectivity index is 2.70. The van der Waals surface area contributed by atoms with Gasteiger partial charge in [0.2, 0.25) is 0 Å². The summed E-state index contributed by atoms with van der Waals surface area (Å²) >= 11 is 0. The van der Waals surface area contributed by atoms with Gasteiger partial charge >= 0.3 is 0 Å². The predicted octanol–water partition coefficient (Wildman–Crippen LogP) is 3.01. The van der Waals surface area contributed by atoms with E-state index < -0.39 is 10.8 Å². The normalized spacial score (nSPS) is 16.0. The Hall–Kier alpha value is -0.700. The minimum atomic E-state index is -0.986. The SMILES string of the molecule is C[C@@H](CC(C)(C)C)[S@@](=O)c1ccccn1. The molecule has 0 spiro atoms. The zero-order valence-electron chi connectivity index (χ0n) is 9.86. The second-order valence-electron chi connectivity index (χ2n) is 5.04. The van der Waals surface area contributed by atoms with Gasteiger partial charge in [-0.1, -0.05) is 33.8 Å². The zero-order chi connectivity index (χ0) is 11.5. The Morgan fingerprint density at radius 2 is 2.07 bits per heavy atom. The van der Waals surface area contributed by atoms with Gasteiger partial charge in [0.25, 0.3) is 0 Å². The van der Waals surface area contributed by atoms with Gasteiger partial charge in [-0.15, -0.1) is 0 Å². The highest BCUT2D eigenvalue weighted by atomic mass is 32.2. The van der Waals surface area contributed by atoms with Gasteiger partial charge in [-0.3, -0.25) is 4.21 Å². The summed E-state index contributed by atoms with van der Waals surface area (Å²) in [5.41, 5.74) is 0.212. The lowest BCUT2D eigenvalue weighted by Gasteiger charge is -2.22. The second kappa shape index (κ2) is 4.88. The Bertz CT molecular complexity index is 329. The molecule has 1 aromatic heterocycles. The van der Waals surface area contributed by atoms with Crippen LogP contribution in [0.2, 0.25) is 0 Å². The summed E-state index contributed by atoms with van der Waals surface area (Å²) in [5.74, 6) is 0. The van der Waals surface area contributed by atoms with E-state index >= 15 is 0 Å². The monoisotopic (exact) mass is 225 g/mol. The largest absolute Gasteiger partial charge is 0.252 e. The van der Waals surface area contributed by atoms with E-state index in [1.54, 1.807) is 6.20 Å². The number of aromatic nitrogens is 1. The van der Waals surface area contributed by atoms with Gasteiger partial charge in [0, 0.05) is 11.4 Å². The number of nitrogens with zero attached hydrogens (tertiary/aromatic N) is 1. The van der Waals surface area contributed by atoms with Crippen LogP contribution in [0.1, 0.15) is 34.1 Å². The van der Waals surface area contributed by atoms with Crippen molar-refractivity contribution in [1.29, 1.82) is 0 Å². The highest BCUT2D eigenvalue weighted by Crippen LogP contribution is 2.24. The predicted molar refractivity (Wildman–Crippen MR) is 64.2 cm³/mol. The molecule has 0 aliphatic carbocycles. The van der Waals surface area contributed by atoms with E-state index in [0.717, 1.165) is 6.42 Å². The van der Waals surface area contributed by atoms with Crippen LogP contribution in [-0.4, -0.2) is 14.4 Å². The Kier molecular flexibility index (Phi) is 4.03. The number of rotatable bonds is 3. The van der Waals surface area contributed by atoms with Gasteiger partial charge in [0.1, 0.15) is 5.03 Å². The third-order valence-corrected chi connectivity index (χ3v) is 3.66. The van der Waals surface area contributed by atoms with Crippen LogP contribution in [0.5, 0.6) is 0 Å². The summed E-state index contributed by atoms with van der Waals surface area (Å²) in [6.45, 7) is 8.52. The molecular weight excluding hydrogens is 206 g/mol. The molecule has 0 aliphatic heterocycles. The van der Waals surface area contributed by atoms with Gasteiger partial charge in [-0.05, 0) is 24.0 Å². The van der Waals surface area contributed by atoms with Crippen molar-refractivity contribution in [3.05, 3.63) is 24.4 Å². The maximum absolute atomic E-state index is 12.1. The van der Waals surface area contributed by atoms with Crippen molar-refractivity contribution in [2.45, 2.75) is 44.4 Å². The van der Waals surface area contributed by atoms with E-state index in [1.807, 2.05) is 25.1 Å². The number of pyridine rings is 1. The molecule has 1 rings (SSSR count). The molecular formula is C12H19NOS. The maximum atomic E-state index is 12.1. The number of hydrogen-bond donors (Lipinski definition) is 0. The summed E-state index contributed by atoms with van der Waals surface area (Å²) in [5, 5.41) is 0.842. The third kappa shape index (κ3) is 4.12. The standard InChI is InChI=1S/C12H19NOS/c1-10(9-12(2,3)4)15(14)11-7-5-6-8-13-11/h5-8,10H,9H2,1-4H3/t10-,15+/m0/s1. The van der Waals surface area contributed by atoms with Gasteiger partial charge in [-0.25, -0.2) is 4.98 Å². The van der Waals surface area contributed by atoms with E-state index in [0.29, 0.717) is 5.03 Å². The average Bonchev–Trinajstić information content (AvgIpc) is 2.15. The Labute approximate surface area is 94.6 Å². The minimum Gasteiger partial charge on any atom is -0.252 e. The summed E-state index contributed by atoms with van der Waals surface area (Å²) < 4.78 is 12.1. The molecule has 0 radical (unpaired) electrons. The molecule has 3 heteroatoms. The molecule has 0 aliphatic rings. The first-order valence-electron chi connectivity index (χ1n) is 5.22. The van der Waals surface area contributed by atoms with Crippen molar-refractivity contribution >= 4 is 10.8 Å². The molecule has 0 saturated heterocycles. The maximum Gasteiger partial charge on any atom is 0.127 e. The topological polar surface area (TPSA) is 30.0 Å². The summed E-state index contributed by atoms with van der Waals surface area (Å²) in [7, 11) is -0.986. The van der Waals surface area contributed by atoms with Crippen molar-refractivity contribution in [3.63, 3.8) is 0 Å². The summed E-state index contributed by atoms with van der Waals surface area (Å²) in [6, 6.07) is 5.55. The van der Waals surface area contributed by atoms with Gasteiger partial charge in [0.05, 0.1) is 10.8 Å². The molecule has 0 N–H and O–H groups in total. The summed E-state index contributed by atoms with van der Waals surface area (Å²) in [6.07, 6.45) is 2.63. The molecule has 15 heavy (non-hydrogen) atoms. The molecule has 0 saturated carbocycles. The average molecular weight is 225 g/mol. The quantitative estimate of drug-likeness (QED) is 0.791. The molecule has 0 fully saturated rings. The van der Waals surface area contributed by atoms with Crippen molar-refractivity contribution in [2.75, 3.05) is 0 Å². The molecule has 0 unspecified atom stereocenters. The smallest absolute Gasteiger partial charge is 0.127 e. The molecule has 1 heterocycles. The molecule has 1 aromatic rings. The van der Waals surface area contributed by atoms with Crippen molar-refractivity contribution in [2.24, 2.45) is 5.41 Å². The van der Waals surface area contributed by atoms with E-state index in [2.05, 4.69) is 25.8 Å². The van der Waals surface area contributed by atoms with Crippen molar-refractivity contribution < 1.29 is 4.21 Å². The van der Waals surface area contributed by atoms with E-state index in [1.165, 1.54) is 0 Å². The fraction of sp³-hybridized carbons (Fsp3) is 0.583. The fourth-order valence-electron chi connectivity index (χ4n) is 1.61. The van der Waals surface area contributed by atoms with Crippen molar-refractivity contribution in [3.8, 4) is 0 Å².